The second-order valence-corrected chi connectivity index (χ2v) is 6.67. The van der Waals surface area contributed by atoms with E-state index in [4.69, 9.17) is 16.1 Å². The molecule has 3 N–H and O–H groups in total. The maximum Gasteiger partial charge on any atom is 0.321 e. The number of rotatable bonds is 6. The Bertz CT molecular complexity index is 318. The molecule has 0 radical (unpaired) electrons. The lowest BCUT2D eigenvalue weighted by Crippen LogP contribution is -2.47. The summed E-state index contributed by atoms with van der Waals surface area (Å²) >= 11 is 1.57. The molecule has 1 aliphatic rings. The summed E-state index contributed by atoms with van der Waals surface area (Å²) in [5, 5.41) is 17.6. The Morgan fingerprint density at radius 3 is 2.62 bits per heavy atom. The molecule has 0 saturated heterocycles. The van der Waals surface area contributed by atoms with Gasteiger partial charge in [-0.3, -0.25) is 4.79 Å². The van der Waals surface area contributed by atoms with Crippen molar-refractivity contribution in [2.24, 2.45) is 11.1 Å². The van der Waals surface area contributed by atoms with Crippen LogP contribution in [0.15, 0.2) is 0 Å². The largest absolute Gasteiger partial charge is 0.480 e. The third-order valence-electron chi connectivity index (χ3n) is 3.18. The molecule has 0 aromatic heterocycles. The van der Waals surface area contributed by atoms with Gasteiger partial charge in [0.05, 0.1) is 6.07 Å². The summed E-state index contributed by atoms with van der Waals surface area (Å²) in [7, 11) is 0. The molecule has 0 heterocycles. The van der Waals surface area contributed by atoms with Gasteiger partial charge in [-0.1, -0.05) is 0 Å². The number of thioether (sulfide) groups is 1. The molecule has 5 heteroatoms. The molecule has 0 unspecified atom stereocenters. The lowest BCUT2D eigenvalue weighted by Gasteiger charge is -2.29. The molecule has 0 aromatic rings. The lowest BCUT2D eigenvalue weighted by molar-refractivity contribution is -0.139. The third-order valence-corrected chi connectivity index (χ3v) is 4.93. The summed E-state index contributed by atoms with van der Waals surface area (Å²) < 4.78 is -0.489. The molecule has 0 spiro atoms. The van der Waals surface area contributed by atoms with E-state index >= 15 is 0 Å². The average molecular weight is 242 g/mol. The zero-order valence-electron chi connectivity index (χ0n) is 9.69. The van der Waals surface area contributed by atoms with E-state index < -0.39 is 16.8 Å². The Morgan fingerprint density at radius 2 is 2.25 bits per heavy atom. The molecule has 0 amide bonds. The molecule has 90 valence electrons. The maximum absolute atomic E-state index is 10.8. The van der Waals surface area contributed by atoms with Crippen LogP contribution in [0.2, 0.25) is 0 Å². The zero-order valence-corrected chi connectivity index (χ0v) is 10.5. The van der Waals surface area contributed by atoms with E-state index in [1.807, 2.05) is 13.8 Å². The van der Waals surface area contributed by atoms with Crippen molar-refractivity contribution >= 4 is 17.7 Å². The van der Waals surface area contributed by atoms with Crippen LogP contribution in [-0.2, 0) is 4.79 Å². The molecule has 0 bridgehead atoms. The van der Waals surface area contributed by atoms with Gasteiger partial charge in [0.25, 0.3) is 0 Å². The number of nitrogens with zero attached hydrogens (tertiary/aromatic N) is 1. The Kier molecular flexibility index (Phi) is 3.87. The minimum Gasteiger partial charge on any atom is -0.480 e. The highest BCUT2D eigenvalue weighted by atomic mass is 32.2. The summed E-state index contributed by atoms with van der Waals surface area (Å²) in [4.78, 5) is 10.8. The van der Waals surface area contributed by atoms with Gasteiger partial charge in [-0.05, 0) is 32.1 Å². The van der Waals surface area contributed by atoms with Gasteiger partial charge in [-0.25, -0.2) is 0 Å². The number of hydrogen-bond donors (Lipinski definition) is 2. The molecule has 1 rings (SSSR count). The van der Waals surface area contributed by atoms with Crippen LogP contribution in [-0.4, -0.2) is 27.6 Å². The van der Waals surface area contributed by atoms with Crippen LogP contribution in [0.4, 0.5) is 0 Å². The van der Waals surface area contributed by atoms with Gasteiger partial charge in [0.15, 0.2) is 0 Å². The quantitative estimate of drug-likeness (QED) is 0.738. The molecule has 1 atom stereocenters. The van der Waals surface area contributed by atoms with Gasteiger partial charge in [0, 0.05) is 16.9 Å². The van der Waals surface area contributed by atoms with Crippen molar-refractivity contribution in [1.29, 1.82) is 5.26 Å². The topological polar surface area (TPSA) is 87.1 Å². The Morgan fingerprint density at radius 1 is 1.69 bits per heavy atom. The highest BCUT2D eigenvalue weighted by Gasteiger charge is 2.44. The maximum atomic E-state index is 10.8. The highest BCUT2D eigenvalue weighted by molar-refractivity contribution is 8.00. The van der Waals surface area contributed by atoms with E-state index in [0.717, 1.165) is 18.6 Å². The monoisotopic (exact) mass is 242 g/mol. The lowest BCUT2D eigenvalue weighted by atomic mass is 10.0. The van der Waals surface area contributed by atoms with Gasteiger partial charge in [-0.2, -0.15) is 17.0 Å². The Hall–Kier alpha value is -0.730. The number of carboxylic acids is 1. The van der Waals surface area contributed by atoms with Crippen LogP contribution in [0.25, 0.3) is 0 Å². The molecule has 0 aromatic carbocycles. The minimum atomic E-state index is -0.970. The fraction of sp³-hybridized carbons (Fsp3) is 0.818. The molecule has 1 saturated carbocycles. The predicted molar refractivity (Wildman–Crippen MR) is 64.0 cm³/mol. The first-order valence-electron chi connectivity index (χ1n) is 5.32. The molecular formula is C11H18N2O2S. The first-order valence-corrected chi connectivity index (χ1v) is 6.31. The number of nitriles is 1. The number of hydrogen-bond acceptors (Lipinski definition) is 4. The van der Waals surface area contributed by atoms with Crippen LogP contribution >= 0.6 is 11.8 Å². The molecular weight excluding hydrogens is 224 g/mol. The van der Waals surface area contributed by atoms with Crippen LogP contribution in [0, 0.1) is 16.7 Å². The number of carboxylic acid groups (broad SMARTS) is 1. The smallest absolute Gasteiger partial charge is 0.321 e. The molecule has 4 nitrogen and oxygen atoms in total. The van der Waals surface area contributed by atoms with E-state index in [0.29, 0.717) is 6.42 Å². The van der Waals surface area contributed by atoms with E-state index in [2.05, 4.69) is 6.07 Å². The summed E-state index contributed by atoms with van der Waals surface area (Å²) in [6.07, 6.45) is 2.72. The summed E-state index contributed by atoms with van der Waals surface area (Å²) in [5.74, 6) is -0.142. The zero-order chi connectivity index (χ0) is 12.4. The minimum absolute atomic E-state index is 0.134. The third kappa shape index (κ3) is 3.13. The molecule has 16 heavy (non-hydrogen) atoms. The Labute approximate surface area is 100 Å². The number of aliphatic carboxylic acids is 1. The van der Waals surface area contributed by atoms with E-state index in [-0.39, 0.29) is 5.41 Å². The van der Waals surface area contributed by atoms with Gasteiger partial charge in [0.1, 0.15) is 6.04 Å². The van der Waals surface area contributed by atoms with E-state index in [9.17, 15) is 4.79 Å². The Balaban J connectivity index is 2.48. The van der Waals surface area contributed by atoms with Gasteiger partial charge in [-0.15, -0.1) is 0 Å². The first kappa shape index (κ1) is 13.3. The molecule has 0 aliphatic heterocycles. The predicted octanol–water partition coefficient (Wildman–Crippen LogP) is 1.60. The van der Waals surface area contributed by atoms with Crippen LogP contribution < -0.4 is 5.73 Å². The van der Waals surface area contributed by atoms with Crippen molar-refractivity contribution in [2.75, 3.05) is 5.75 Å². The fourth-order valence-electron chi connectivity index (χ4n) is 1.44. The van der Waals surface area contributed by atoms with Crippen molar-refractivity contribution in [3.05, 3.63) is 0 Å². The van der Waals surface area contributed by atoms with Crippen molar-refractivity contribution < 1.29 is 9.90 Å². The number of nitrogens with two attached hydrogens (primary N) is 1. The van der Waals surface area contributed by atoms with Crippen molar-refractivity contribution in [1.82, 2.24) is 0 Å². The summed E-state index contributed by atoms with van der Waals surface area (Å²) in [5.41, 5.74) is 5.77. The first-order chi connectivity index (χ1) is 7.33. The van der Waals surface area contributed by atoms with E-state index in [1.165, 1.54) is 0 Å². The van der Waals surface area contributed by atoms with Gasteiger partial charge >= 0.3 is 5.97 Å². The average Bonchev–Trinajstić information content (AvgIpc) is 2.95. The van der Waals surface area contributed by atoms with Crippen molar-refractivity contribution in [3.8, 4) is 6.07 Å². The fourth-order valence-corrected chi connectivity index (χ4v) is 2.79. The van der Waals surface area contributed by atoms with Crippen LogP contribution in [0.3, 0.4) is 0 Å². The molecule has 1 aliphatic carbocycles. The van der Waals surface area contributed by atoms with Gasteiger partial charge in [0.2, 0.25) is 0 Å². The summed E-state index contributed by atoms with van der Waals surface area (Å²) in [6.45, 7) is 3.69. The van der Waals surface area contributed by atoms with Crippen molar-refractivity contribution in [3.63, 3.8) is 0 Å². The normalized spacial score (nSPS) is 19.9. The second-order valence-electron chi connectivity index (χ2n) is 5.04. The van der Waals surface area contributed by atoms with Crippen LogP contribution in [0.1, 0.15) is 33.1 Å². The molecule has 1 fully saturated rings. The van der Waals surface area contributed by atoms with Crippen LogP contribution in [0.5, 0.6) is 0 Å². The highest BCUT2D eigenvalue weighted by Crippen LogP contribution is 2.52. The number of carbonyl (C=O) groups is 1. The summed E-state index contributed by atoms with van der Waals surface area (Å²) in [6, 6.07) is 1.33. The standard InChI is InChI=1S/C11H18N2O2S/c1-10(2,8(13)9(14)15)16-7-11(3-4-11)5-6-12/h8H,3-5,7,13H2,1-2H3,(H,14,15)/t8-/m0/s1. The SMILES string of the molecule is CC(C)(SCC1(CC#N)CC1)[C@@H](N)C(=O)O. The second kappa shape index (κ2) is 4.64. The van der Waals surface area contributed by atoms with Crippen molar-refractivity contribution in [2.45, 2.75) is 43.9 Å². The van der Waals surface area contributed by atoms with Gasteiger partial charge < -0.3 is 10.8 Å². The van der Waals surface area contributed by atoms with E-state index in [1.54, 1.807) is 11.8 Å².